The molecule has 1 aliphatic heterocycles. The largest absolute Gasteiger partial charge is 0.494 e. The van der Waals surface area contributed by atoms with Crippen LogP contribution in [-0.4, -0.2) is 90.5 Å². The number of piperidine rings is 1. The van der Waals surface area contributed by atoms with E-state index in [4.69, 9.17) is 9.72 Å². The number of likely N-dealkylation sites (N-methyl/N-ethyl adjacent to an activating group) is 1. The SMILES string of the molecule is CCCN(C)CCNC1CCN(c2cc(OC)c(Nc3ncc(Br)c(Nc4ccn5c(=O)ccnc5c4P(C)(C)=O)n3)cc2CC)CC1. The van der Waals surface area contributed by atoms with Crippen molar-refractivity contribution in [2.75, 3.05) is 75.7 Å². The van der Waals surface area contributed by atoms with E-state index < -0.39 is 7.14 Å². The van der Waals surface area contributed by atoms with Crippen molar-refractivity contribution >= 4 is 62.9 Å². The van der Waals surface area contributed by atoms with Gasteiger partial charge in [0.15, 0.2) is 5.65 Å². The summed E-state index contributed by atoms with van der Waals surface area (Å²) in [6.07, 6.45) is 8.94. The van der Waals surface area contributed by atoms with Crippen molar-refractivity contribution in [2.45, 2.75) is 45.6 Å². The fraction of sp³-hybridized carbons (Fsp3) is 0.471. The predicted octanol–water partition coefficient (Wildman–Crippen LogP) is 5.45. The number of pyridine rings is 1. The number of halogens is 1. The average molecular weight is 741 g/mol. The van der Waals surface area contributed by atoms with Gasteiger partial charge in [-0.1, -0.05) is 13.8 Å². The number of methoxy groups -OCH3 is 1. The Kier molecular flexibility index (Phi) is 11.8. The first-order valence-corrected chi connectivity index (χ1v) is 19.9. The number of hydrogen-bond donors (Lipinski definition) is 3. The number of rotatable bonds is 14. The average Bonchev–Trinajstić information content (AvgIpc) is 3.06. The normalized spacial score (nSPS) is 14.1. The van der Waals surface area contributed by atoms with Crippen LogP contribution in [0.4, 0.5) is 28.8 Å². The molecule has 1 fully saturated rings. The minimum atomic E-state index is -2.88. The molecule has 4 aromatic rings. The lowest BCUT2D eigenvalue weighted by molar-refractivity contribution is 0.314. The van der Waals surface area contributed by atoms with E-state index in [1.807, 2.05) is 0 Å². The van der Waals surface area contributed by atoms with E-state index in [0.717, 1.165) is 57.7 Å². The van der Waals surface area contributed by atoms with Crippen molar-refractivity contribution in [1.82, 2.24) is 29.6 Å². The van der Waals surface area contributed by atoms with Gasteiger partial charge in [0.05, 0.1) is 28.3 Å². The van der Waals surface area contributed by atoms with Gasteiger partial charge in [-0.15, -0.1) is 0 Å². The molecule has 0 atom stereocenters. The predicted molar refractivity (Wildman–Crippen MR) is 200 cm³/mol. The second-order valence-electron chi connectivity index (χ2n) is 12.6. The van der Waals surface area contributed by atoms with Gasteiger partial charge >= 0.3 is 0 Å². The summed E-state index contributed by atoms with van der Waals surface area (Å²) in [5, 5.41) is 10.9. The summed E-state index contributed by atoms with van der Waals surface area (Å²) in [4.78, 5) is 30.9. The summed E-state index contributed by atoms with van der Waals surface area (Å²) in [7, 11) is 0.984. The summed E-state index contributed by atoms with van der Waals surface area (Å²) in [6, 6.07) is 7.86. The minimum Gasteiger partial charge on any atom is -0.494 e. The summed E-state index contributed by atoms with van der Waals surface area (Å²) >= 11 is 3.55. The summed E-state index contributed by atoms with van der Waals surface area (Å²) in [5.41, 5.74) is 3.82. The molecular formula is C34H47BrN9O3P. The van der Waals surface area contributed by atoms with Crippen LogP contribution in [0, 0.1) is 0 Å². The molecule has 0 aliphatic carbocycles. The zero-order valence-electron chi connectivity index (χ0n) is 28.7. The van der Waals surface area contributed by atoms with Crippen LogP contribution < -0.4 is 36.5 Å². The second kappa shape index (κ2) is 15.8. The fourth-order valence-electron chi connectivity index (χ4n) is 6.22. The molecule has 1 saturated heterocycles. The Labute approximate surface area is 291 Å². The molecular weight excluding hydrogens is 693 g/mol. The van der Waals surface area contributed by atoms with E-state index in [9.17, 15) is 9.36 Å². The number of nitrogens with one attached hydrogen (secondary N) is 3. The van der Waals surface area contributed by atoms with Gasteiger partial charge in [0.25, 0.3) is 5.56 Å². The highest BCUT2D eigenvalue weighted by Gasteiger charge is 2.24. The zero-order chi connectivity index (χ0) is 34.4. The first kappa shape index (κ1) is 35.8. The molecule has 4 heterocycles. The Hall–Kier alpha value is -3.51. The van der Waals surface area contributed by atoms with Gasteiger partial charge in [0.2, 0.25) is 5.95 Å². The Morgan fingerprint density at radius 3 is 2.54 bits per heavy atom. The number of anilines is 5. The standard InChI is InChI=1S/C34H47BrN9O3P/c1-7-15-42(3)19-14-36-24-10-16-43(17-11-24)28-21-29(47-4)27(20-23(28)8-2)40-34-38-22-25(35)32(41-34)39-26-12-18-44-30(45)9-13-37-33(44)31(26)48(5,6)46/h9,12-13,18,20-22,24,36H,7-8,10-11,14-17,19H2,1-6H3,(H2,38,39,40,41). The maximum Gasteiger partial charge on any atom is 0.257 e. The van der Waals surface area contributed by atoms with Crippen LogP contribution in [0.1, 0.15) is 38.7 Å². The summed E-state index contributed by atoms with van der Waals surface area (Å²) in [6.45, 7) is 12.9. The third-order valence-electron chi connectivity index (χ3n) is 8.67. The first-order chi connectivity index (χ1) is 23.0. The number of hydrogen-bond acceptors (Lipinski definition) is 11. The number of benzene rings is 1. The van der Waals surface area contributed by atoms with Crippen LogP contribution in [0.5, 0.6) is 5.75 Å². The third-order valence-corrected chi connectivity index (χ3v) is 10.8. The van der Waals surface area contributed by atoms with Crippen molar-refractivity contribution in [2.24, 2.45) is 0 Å². The van der Waals surface area contributed by atoms with Gasteiger partial charge in [-0.2, -0.15) is 4.98 Å². The molecule has 0 amide bonds. The van der Waals surface area contributed by atoms with Crippen LogP contribution in [0.3, 0.4) is 0 Å². The number of ether oxygens (including phenoxy) is 1. The molecule has 48 heavy (non-hydrogen) atoms. The van der Waals surface area contributed by atoms with E-state index in [1.165, 1.54) is 34.3 Å². The zero-order valence-corrected chi connectivity index (χ0v) is 31.2. The van der Waals surface area contributed by atoms with Crippen LogP contribution in [0.15, 0.2) is 52.1 Å². The van der Waals surface area contributed by atoms with Crippen molar-refractivity contribution in [3.8, 4) is 5.75 Å². The van der Waals surface area contributed by atoms with Gasteiger partial charge in [-0.3, -0.25) is 9.20 Å². The number of aromatic nitrogens is 4. The molecule has 14 heteroatoms. The topological polar surface area (TPSA) is 129 Å². The van der Waals surface area contributed by atoms with Crippen LogP contribution in [0.25, 0.3) is 5.65 Å². The second-order valence-corrected chi connectivity index (χ2v) is 16.6. The van der Waals surface area contributed by atoms with E-state index in [-0.39, 0.29) is 5.56 Å². The summed E-state index contributed by atoms with van der Waals surface area (Å²) < 4.78 is 21.3. The van der Waals surface area contributed by atoms with E-state index in [1.54, 1.807) is 38.9 Å². The lowest BCUT2D eigenvalue weighted by Crippen LogP contribution is -2.44. The lowest BCUT2D eigenvalue weighted by Gasteiger charge is -2.36. The maximum atomic E-state index is 13.4. The van der Waals surface area contributed by atoms with Crippen LogP contribution in [0.2, 0.25) is 0 Å². The summed E-state index contributed by atoms with van der Waals surface area (Å²) in [5.74, 6) is 1.52. The van der Waals surface area contributed by atoms with Crippen LogP contribution in [-0.2, 0) is 11.0 Å². The molecule has 0 bridgehead atoms. The molecule has 0 spiro atoms. The molecule has 1 aromatic carbocycles. The first-order valence-electron chi connectivity index (χ1n) is 16.5. The molecule has 0 unspecified atom stereocenters. The molecule has 5 rings (SSSR count). The van der Waals surface area contributed by atoms with Gasteiger partial charge in [0, 0.05) is 68.6 Å². The molecule has 12 nitrogen and oxygen atoms in total. The maximum absolute atomic E-state index is 13.4. The molecule has 0 saturated carbocycles. The molecule has 3 aromatic heterocycles. The monoisotopic (exact) mass is 739 g/mol. The number of fused-ring (bicyclic) bond motifs is 1. The Morgan fingerprint density at radius 1 is 1.08 bits per heavy atom. The quantitative estimate of drug-likeness (QED) is 0.143. The van der Waals surface area contributed by atoms with Crippen molar-refractivity contribution < 1.29 is 9.30 Å². The molecule has 3 N–H and O–H groups in total. The highest BCUT2D eigenvalue weighted by molar-refractivity contribution is 9.10. The Bertz CT molecular complexity index is 1840. The minimum absolute atomic E-state index is 0.245. The van der Waals surface area contributed by atoms with Crippen molar-refractivity contribution in [3.63, 3.8) is 0 Å². The van der Waals surface area contributed by atoms with Gasteiger partial charge in [-0.05, 0) is 86.2 Å². The number of aryl methyl sites for hydroxylation is 1. The number of nitrogens with zero attached hydrogens (tertiary/aromatic N) is 6. The van der Waals surface area contributed by atoms with E-state index >= 15 is 0 Å². The highest BCUT2D eigenvalue weighted by atomic mass is 79.9. The van der Waals surface area contributed by atoms with Gasteiger partial charge < -0.3 is 35.1 Å². The van der Waals surface area contributed by atoms with Crippen molar-refractivity contribution in [3.05, 3.63) is 63.2 Å². The Balaban J connectivity index is 1.34. The molecule has 258 valence electrons. The molecule has 1 aliphatic rings. The van der Waals surface area contributed by atoms with E-state index in [0.29, 0.717) is 44.7 Å². The fourth-order valence-corrected chi connectivity index (χ4v) is 7.86. The third kappa shape index (κ3) is 8.37. The van der Waals surface area contributed by atoms with Gasteiger partial charge in [-0.25, -0.2) is 9.97 Å². The lowest BCUT2D eigenvalue weighted by atomic mass is 10.0. The molecule has 0 radical (unpaired) electrons. The van der Waals surface area contributed by atoms with E-state index in [2.05, 4.69) is 84.7 Å². The Morgan fingerprint density at radius 2 is 1.85 bits per heavy atom. The highest BCUT2D eigenvalue weighted by Crippen LogP contribution is 2.41. The smallest absolute Gasteiger partial charge is 0.257 e. The van der Waals surface area contributed by atoms with Gasteiger partial charge in [0.1, 0.15) is 18.7 Å². The van der Waals surface area contributed by atoms with Crippen molar-refractivity contribution in [1.29, 1.82) is 0 Å². The van der Waals surface area contributed by atoms with Crippen LogP contribution >= 0.6 is 23.1 Å².